The number of β-amino-alcohol motifs (C(OH)–C–C–N with tert-alkyl or cyclic N) is 1. The minimum absolute atomic E-state index is 0.0206. The van der Waals surface area contributed by atoms with Crippen molar-refractivity contribution in [3.8, 4) is 0 Å². The molecule has 6 heteroatoms. The fraction of sp³-hybridized carbons (Fsp3) is 0.733. The minimum atomic E-state index is -1.09. The van der Waals surface area contributed by atoms with Gasteiger partial charge in [0, 0.05) is 32.3 Å². The van der Waals surface area contributed by atoms with Crippen LogP contribution in [0.25, 0.3) is 0 Å². The summed E-state index contributed by atoms with van der Waals surface area (Å²) < 4.78 is 1.83. The summed E-state index contributed by atoms with van der Waals surface area (Å²) in [4.78, 5) is 13.9. The second-order valence-corrected chi connectivity index (χ2v) is 6.24. The lowest BCUT2D eigenvalue weighted by molar-refractivity contribution is -0.146. The third-order valence-electron chi connectivity index (χ3n) is 4.60. The van der Waals surface area contributed by atoms with Crippen molar-refractivity contribution in [1.29, 1.82) is 0 Å². The molecule has 118 valence electrons. The first-order chi connectivity index (χ1) is 9.72. The van der Waals surface area contributed by atoms with Crippen LogP contribution in [0.2, 0.25) is 0 Å². The lowest BCUT2D eigenvalue weighted by Crippen LogP contribution is -2.55. The van der Waals surface area contributed by atoms with E-state index in [-0.39, 0.29) is 12.5 Å². The van der Waals surface area contributed by atoms with Crippen molar-refractivity contribution in [2.45, 2.75) is 51.7 Å². The lowest BCUT2D eigenvalue weighted by Gasteiger charge is -2.40. The predicted octanol–water partition coefficient (Wildman–Crippen LogP) is 0.314. The predicted molar refractivity (Wildman–Crippen MR) is 78.8 cm³/mol. The van der Waals surface area contributed by atoms with Crippen molar-refractivity contribution in [2.24, 2.45) is 7.05 Å². The van der Waals surface area contributed by atoms with Gasteiger partial charge in [-0.3, -0.25) is 9.48 Å². The number of carbonyl (C=O) groups is 1. The Morgan fingerprint density at radius 3 is 2.67 bits per heavy atom. The molecule has 0 radical (unpaired) electrons. The number of amides is 1. The van der Waals surface area contributed by atoms with Crippen LogP contribution in [-0.4, -0.2) is 55.6 Å². The van der Waals surface area contributed by atoms with Crippen molar-refractivity contribution in [3.63, 3.8) is 0 Å². The van der Waals surface area contributed by atoms with Crippen molar-refractivity contribution >= 4 is 5.91 Å². The largest absolute Gasteiger partial charge is 0.388 e. The van der Waals surface area contributed by atoms with Crippen LogP contribution in [0.1, 0.15) is 36.7 Å². The molecule has 0 aromatic carbocycles. The SMILES string of the molecule is Cc1nn(C)c(C)c1CCC(=O)N1CC[C@](C)(O)[C@H](O)C1. The van der Waals surface area contributed by atoms with E-state index < -0.39 is 11.7 Å². The van der Waals surface area contributed by atoms with Crippen molar-refractivity contribution in [1.82, 2.24) is 14.7 Å². The topological polar surface area (TPSA) is 78.6 Å². The van der Waals surface area contributed by atoms with E-state index in [1.165, 1.54) is 0 Å². The second kappa shape index (κ2) is 5.77. The average Bonchev–Trinajstić information content (AvgIpc) is 2.64. The molecule has 0 aliphatic carbocycles. The van der Waals surface area contributed by atoms with Gasteiger partial charge < -0.3 is 15.1 Å². The van der Waals surface area contributed by atoms with Gasteiger partial charge in [0.1, 0.15) is 0 Å². The second-order valence-electron chi connectivity index (χ2n) is 6.24. The first-order valence-electron chi connectivity index (χ1n) is 7.39. The fourth-order valence-electron chi connectivity index (χ4n) is 2.82. The van der Waals surface area contributed by atoms with Gasteiger partial charge in [-0.15, -0.1) is 0 Å². The number of nitrogens with zero attached hydrogens (tertiary/aromatic N) is 3. The Labute approximate surface area is 125 Å². The molecule has 0 unspecified atom stereocenters. The van der Waals surface area contributed by atoms with E-state index >= 15 is 0 Å². The summed E-state index contributed by atoms with van der Waals surface area (Å²) in [5, 5.41) is 24.2. The highest BCUT2D eigenvalue weighted by molar-refractivity contribution is 5.76. The fourth-order valence-corrected chi connectivity index (χ4v) is 2.82. The van der Waals surface area contributed by atoms with Gasteiger partial charge >= 0.3 is 0 Å². The van der Waals surface area contributed by atoms with Crippen molar-refractivity contribution in [3.05, 3.63) is 17.0 Å². The van der Waals surface area contributed by atoms with Gasteiger partial charge in [-0.1, -0.05) is 0 Å². The van der Waals surface area contributed by atoms with E-state index in [1.807, 2.05) is 25.6 Å². The maximum absolute atomic E-state index is 12.3. The highest BCUT2D eigenvalue weighted by Gasteiger charge is 2.37. The smallest absolute Gasteiger partial charge is 0.222 e. The minimum Gasteiger partial charge on any atom is -0.388 e. The van der Waals surface area contributed by atoms with Crippen molar-refractivity contribution < 1.29 is 15.0 Å². The first-order valence-corrected chi connectivity index (χ1v) is 7.39. The average molecular weight is 295 g/mol. The Kier molecular flexibility index (Phi) is 4.39. The van der Waals surface area contributed by atoms with E-state index in [2.05, 4.69) is 5.10 Å². The molecule has 2 rings (SSSR count). The lowest BCUT2D eigenvalue weighted by atomic mass is 9.90. The Morgan fingerprint density at radius 2 is 2.14 bits per heavy atom. The molecule has 21 heavy (non-hydrogen) atoms. The first kappa shape index (κ1) is 16.0. The van der Waals surface area contributed by atoms with Crippen LogP contribution < -0.4 is 0 Å². The number of hydrogen-bond acceptors (Lipinski definition) is 4. The normalized spacial score (nSPS) is 26.2. The Hall–Kier alpha value is -1.40. The molecule has 1 aromatic heterocycles. The van der Waals surface area contributed by atoms with Gasteiger partial charge in [0.2, 0.25) is 5.91 Å². The van der Waals surface area contributed by atoms with Gasteiger partial charge in [-0.25, -0.2) is 0 Å². The van der Waals surface area contributed by atoms with Gasteiger partial charge in [0.25, 0.3) is 0 Å². The van der Waals surface area contributed by atoms with Gasteiger partial charge in [0.15, 0.2) is 0 Å². The van der Waals surface area contributed by atoms with Gasteiger partial charge in [-0.2, -0.15) is 5.10 Å². The number of rotatable bonds is 3. The van der Waals surface area contributed by atoms with E-state index in [0.717, 1.165) is 17.0 Å². The van der Waals surface area contributed by atoms with Crippen LogP contribution in [0.5, 0.6) is 0 Å². The zero-order chi connectivity index (χ0) is 15.8. The highest BCUT2D eigenvalue weighted by atomic mass is 16.3. The molecule has 0 spiro atoms. The molecule has 1 aliphatic heterocycles. The quantitative estimate of drug-likeness (QED) is 0.841. The third kappa shape index (κ3) is 3.27. The Bertz CT molecular complexity index is 537. The summed E-state index contributed by atoms with van der Waals surface area (Å²) in [7, 11) is 1.90. The number of aliphatic hydroxyl groups excluding tert-OH is 1. The van der Waals surface area contributed by atoms with Crippen LogP contribution in [0.15, 0.2) is 0 Å². The molecule has 0 saturated carbocycles. The summed E-state index contributed by atoms with van der Waals surface area (Å²) >= 11 is 0. The molecular formula is C15H25N3O3. The summed E-state index contributed by atoms with van der Waals surface area (Å²) in [5.41, 5.74) is 2.08. The number of hydrogen-bond donors (Lipinski definition) is 2. The number of likely N-dealkylation sites (tertiary alicyclic amines) is 1. The van der Waals surface area contributed by atoms with Crippen molar-refractivity contribution in [2.75, 3.05) is 13.1 Å². The zero-order valence-corrected chi connectivity index (χ0v) is 13.3. The molecule has 1 aromatic rings. The number of aliphatic hydroxyl groups is 2. The Morgan fingerprint density at radius 1 is 1.48 bits per heavy atom. The van der Waals surface area contributed by atoms with Crippen LogP contribution in [0.4, 0.5) is 0 Å². The molecule has 0 bridgehead atoms. The molecular weight excluding hydrogens is 270 g/mol. The van der Waals surface area contributed by atoms with E-state index in [9.17, 15) is 15.0 Å². The summed E-state index contributed by atoms with van der Waals surface area (Å²) in [6.07, 6.45) is 0.595. The van der Waals surface area contributed by atoms with Gasteiger partial charge in [-0.05, 0) is 39.2 Å². The zero-order valence-electron chi connectivity index (χ0n) is 13.3. The van der Waals surface area contributed by atoms with E-state index in [1.54, 1.807) is 11.8 Å². The summed E-state index contributed by atoms with van der Waals surface area (Å²) in [6.45, 7) is 6.27. The van der Waals surface area contributed by atoms with Gasteiger partial charge in [0.05, 0.1) is 17.4 Å². The molecule has 1 amide bonds. The number of piperidine rings is 1. The van der Waals surface area contributed by atoms with E-state index in [4.69, 9.17) is 0 Å². The van der Waals surface area contributed by atoms with Crippen LogP contribution in [0, 0.1) is 13.8 Å². The third-order valence-corrected chi connectivity index (χ3v) is 4.60. The molecule has 2 N–H and O–H groups in total. The molecule has 2 atom stereocenters. The number of aromatic nitrogens is 2. The van der Waals surface area contributed by atoms with Crippen LogP contribution >= 0.6 is 0 Å². The standard InChI is InChI=1S/C15H25N3O3/c1-10-12(11(2)17(4)16-10)5-6-14(20)18-8-7-15(3,21)13(19)9-18/h13,19,21H,5-9H2,1-4H3/t13-,15+/m1/s1. The maximum Gasteiger partial charge on any atom is 0.222 e. The van der Waals surface area contributed by atoms with Crippen LogP contribution in [-0.2, 0) is 18.3 Å². The summed E-state index contributed by atoms with van der Waals surface area (Å²) in [5.74, 6) is 0.0206. The van der Waals surface area contributed by atoms with E-state index in [0.29, 0.717) is 25.8 Å². The van der Waals surface area contributed by atoms with Crippen LogP contribution in [0.3, 0.4) is 0 Å². The summed E-state index contributed by atoms with van der Waals surface area (Å²) in [6, 6.07) is 0. The monoisotopic (exact) mass is 295 g/mol. The molecule has 1 fully saturated rings. The number of carbonyl (C=O) groups excluding carboxylic acids is 1. The Balaban J connectivity index is 1.94. The maximum atomic E-state index is 12.3. The molecule has 1 saturated heterocycles. The molecule has 2 heterocycles. The molecule has 1 aliphatic rings. The number of aryl methyl sites for hydroxylation is 2. The highest BCUT2D eigenvalue weighted by Crippen LogP contribution is 2.23. The molecule has 6 nitrogen and oxygen atoms in total.